The minimum absolute atomic E-state index is 0.130. The van der Waals surface area contributed by atoms with E-state index in [0.29, 0.717) is 25.5 Å². The molecule has 0 saturated carbocycles. The summed E-state index contributed by atoms with van der Waals surface area (Å²) in [6, 6.07) is 2.83. The van der Waals surface area contributed by atoms with Gasteiger partial charge in [-0.2, -0.15) is 0 Å². The zero-order valence-electron chi connectivity index (χ0n) is 9.42. The number of ether oxygens (including phenoxy) is 2. The third-order valence-electron chi connectivity index (χ3n) is 2.48. The van der Waals surface area contributed by atoms with Crippen LogP contribution >= 0.6 is 0 Å². The molecule has 6 nitrogen and oxygen atoms in total. The van der Waals surface area contributed by atoms with Crippen LogP contribution in [0.1, 0.15) is 6.42 Å². The molecule has 0 amide bonds. The Bertz CT molecular complexity index is 466. The highest BCUT2D eigenvalue weighted by Gasteiger charge is 2.23. The van der Waals surface area contributed by atoms with Gasteiger partial charge in [0.2, 0.25) is 15.9 Å². The minimum atomic E-state index is -3.52. The van der Waals surface area contributed by atoms with E-state index in [-0.39, 0.29) is 10.9 Å². The number of sulfonamides is 1. The first-order valence-corrected chi connectivity index (χ1v) is 6.70. The molecule has 0 aromatic carbocycles. The highest BCUT2D eigenvalue weighted by molar-refractivity contribution is 7.89. The van der Waals surface area contributed by atoms with Crippen LogP contribution in [0.25, 0.3) is 0 Å². The molecule has 1 aromatic heterocycles. The van der Waals surface area contributed by atoms with Crippen LogP contribution in [0.5, 0.6) is 5.88 Å². The fourth-order valence-corrected chi connectivity index (χ4v) is 2.76. The summed E-state index contributed by atoms with van der Waals surface area (Å²) < 4.78 is 36.4. The van der Waals surface area contributed by atoms with Gasteiger partial charge in [0.1, 0.15) is 4.90 Å². The van der Waals surface area contributed by atoms with Crippen molar-refractivity contribution in [1.29, 1.82) is 0 Å². The molecule has 0 unspecified atom stereocenters. The van der Waals surface area contributed by atoms with Crippen LogP contribution in [0.3, 0.4) is 0 Å². The SMILES string of the molecule is COc1ccc(S(=O)(=O)N[C@@H]2CCOC2)cn1. The average Bonchev–Trinajstić information content (AvgIpc) is 2.81. The first kappa shape index (κ1) is 12.3. The Labute approximate surface area is 100 Å². The molecule has 0 aliphatic carbocycles. The molecule has 94 valence electrons. The van der Waals surface area contributed by atoms with E-state index < -0.39 is 10.0 Å². The maximum atomic E-state index is 11.9. The van der Waals surface area contributed by atoms with E-state index in [9.17, 15) is 8.42 Å². The number of rotatable bonds is 4. The minimum Gasteiger partial charge on any atom is -0.481 e. The van der Waals surface area contributed by atoms with Gasteiger partial charge < -0.3 is 9.47 Å². The number of nitrogens with one attached hydrogen (secondary N) is 1. The zero-order chi connectivity index (χ0) is 12.3. The Morgan fingerprint density at radius 2 is 2.35 bits per heavy atom. The zero-order valence-corrected chi connectivity index (χ0v) is 10.2. The van der Waals surface area contributed by atoms with Gasteiger partial charge in [-0.15, -0.1) is 0 Å². The van der Waals surface area contributed by atoms with Gasteiger partial charge in [0.25, 0.3) is 0 Å². The third kappa shape index (κ3) is 2.93. The Balaban J connectivity index is 2.12. The first-order chi connectivity index (χ1) is 8.12. The first-order valence-electron chi connectivity index (χ1n) is 5.22. The van der Waals surface area contributed by atoms with Crippen LogP contribution in [0.2, 0.25) is 0 Å². The van der Waals surface area contributed by atoms with E-state index in [1.165, 1.54) is 25.4 Å². The molecule has 1 saturated heterocycles. The van der Waals surface area contributed by atoms with Crippen molar-refractivity contribution in [2.75, 3.05) is 20.3 Å². The highest BCUT2D eigenvalue weighted by Crippen LogP contribution is 2.14. The maximum absolute atomic E-state index is 11.9. The second-order valence-corrected chi connectivity index (χ2v) is 5.43. The molecule has 1 aliphatic rings. The second kappa shape index (κ2) is 4.99. The third-order valence-corrected chi connectivity index (χ3v) is 3.99. The summed E-state index contributed by atoms with van der Waals surface area (Å²) in [5.41, 5.74) is 0. The lowest BCUT2D eigenvalue weighted by atomic mass is 10.3. The standard InChI is InChI=1S/C10H14N2O4S/c1-15-10-3-2-9(6-11-10)17(13,14)12-8-4-5-16-7-8/h2-3,6,8,12H,4-5,7H2,1H3/t8-/m1/s1. The lowest BCUT2D eigenvalue weighted by Gasteiger charge is -2.11. The summed E-state index contributed by atoms with van der Waals surface area (Å²) in [7, 11) is -2.04. The smallest absolute Gasteiger partial charge is 0.242 e. The maximum Gasteiger partial charge on any atom is 0.242 e. The van der Waals surface area contributed by atoms with Crippen LogP contribution in [0, 0.1) is 0 Å². The molecule has 1 atom stereocenters. The molecule has 7 heteroatoms. The number of nitrogens with zero attached hydrogens (tertiary/aromatic N) is 1. The summed E-state index contributed by atoms with van der Waals surface area (Å²) >= 11 is 0. The van der Waals surface area contributed by atoms with Gasteiger partial charge in [-0.3, -0.25) is 0 Å². The molecule has 1 aromatic rings. The molecular formula is C10H14N2O4S. The van der Waals surface area contributed by atoms with Gasteiger partial charge in [-0.1, -0.05) is 0 Å². The lowest BCUT2D eigenvalue weighted by molar-refractivity contribution is 0.192. The van der Waals surface area contributed by atoms with Crippen molar-refractivity contribution in [3.05, 3.63) is 18.3 Å². The van der Waals surface area contributed by atoms with Gasteiger partial charge in [0, 0.05) is 18.7 Å². The summed E-state index contributed by atoms with van der Waals surface area (Å²) in [4.78, 5) is 4.00. The fourth-order valence-electron chi connectivity index (χ4n) is 1.56. The summed E-state index contributed by atoms with van der Waals surface area (Å²) in [5.74, 6) is 0.383. The van der Waals surface area contributed by atoms with E-state index in [4.69, 9.17) is 9.47 Å². The van der Waals surface area contributed by atoms with E-state index in [1.54, 1.807) is 0 Å². The van der Waals surface area contributed by atoms with Gasteiger partial charge in [0.05, 0.1) is 19.9 Å². The fraction of sp³-hybridized carbons (Fsp3) is 0.500. The van der Waals surface area contributed by atoms with Crippen molar-refractivity contribution in [2.24, 2.45) is 0 Å². The Kier molecular flexibility index (Phi) is 3.60. The average molecular weight is 258 g/mol. The molecule has 1 fully saturated rings. The lowest BCUT2D eigenvalue weighted by Crippen LogP contribution is -2.35. The summed E-state index contributed by atoms with van der Waals surface area (Å²) in [5, 5.41) is 0. The van der Waals surface area contributed by atoms with E-state index in [1.807, 2.05) is 0 Å². The Morgan fingerprint density at radius 3 is 2.88 bits per heavy atom. The van der Waals surface area contributed by atoms with Gasteiger partial charge in [-0.05, 0) is 12.5 Å². The van der Waals surface area contributed by atoms with Gasteiger partial charge in [-0.25, -0.2) is 18.1 Å². The van der Waals surface area contributed by atoms with Crippen molar-refractivity contribution < 1.29 is 17.9 Å². The van der Waals surface area contributed by atoms with Crippen LogP contribution in [0.4, 0.5) is 0 Å². The van der Waals surface area contributed by atoms with Crippen LogP contribution in [-0.4, -0.2) is 39.8 Å². The predicted octanol–water partition coefficient (Wildman–Crippen LogP) is 0.157. The molecule has 0 spiro atoms. The second-order valence-electron chi connectivity index (χ2n) is 3.72. The number of aromatic nitrogens is 1. The van der Waals surface area contributed by atoms with Gasteiger partial charge >= 0.3 is 0 Å². The number of pyridine rings is 1. The van der Waals surface area contributed by atoms with Crippen molar-refractivity contribution >= 4 is 10.0 Å². The predicted molar refractivity (Wildman–Crippen MR) is 60.3 cm³/mol. The Morgan fingerprint density at radius 1 is 1.53 bits per heavy atom. The largest absolute Gasteiger partial charge is 0.481 e. The van der Waals surface area contributed by atoms with Crippen molar-refractivity contribution in [3.63, 3.8) is 0 Å². The number of methoxy groups -OCH3 is 1. The van der Waals surface area contributed by atoms with Crippen LogP contribution < -0.4 is 9.46 Å². The van der Waals surface area contributed by atoms with Crippen molar-refractivity contribution in [3.8, 4) is 5.88 Å². The molecule has 17 heavy (non-hydrogen) atoms. The van der Waals surface area contributed by atoms with E-state index >= 15 is 0 Å². The molecule has 0 bridgehead atoms. The normalized spacial score (nSPS) is 20.4. The highest BCUT2D eigenvalue weighted by atomic mass is 32.2. The van der Waals surface area contributed by atoms with Crippen molar-refractivity contribution in [2.45, 2.75) is 17.4 Å². The number of hydrogen-bond donors (Lipinski definition) is 1. The number of hydrogen-bond acceptors (Lipinski definition) is 5. The summed E-state index contributed by atoms with van der Waals surface area (Å²) in [6.45, 7) is 1.01. The molecule has 2 rings (SSSR count). The van der Waals surface area contributed by atoms with E-state index in [0.717, 1.165) is 0 Å². The Hall–Kier alpha value is -1.18. The molecule has 1 N–H and O–H groups in total. The van der Waals surface area contributed by atoms with Crippen molar-refractivity contribution in [1.82, 2.24) is 9.71 Å². The topological polar surface area (TPSA) is 77.5 Å². The monoisotopic (exact) mass is 258 g/mol. The quantitative estimate of drug-likeness (QED) is 0.832. The van der Waals surface area contributed by atoms with Crippen LogP contribution in [0.15, 0.2) is 23.2 Å². The van der Waals surface area contributed by atoms with Gasteiger partial charge in [0.15, 0.2) is 0 Å². The molecule has 2 heterocycles. The molecule has 1 aliphatic heterocycles. The van der Waals surface area contributed by atoms with Crippen LogP contribution in [-0.2, 0) is 14.8 Å². The van der Waals surface area contributed by atoms with E-state index in [2.05, 4.69) is 9.71 Å². The molecule has 0 radical (unpaired) electrons. The molecular weight excluding hydrogens is 244 g/mol. The summed E-state index contributed by atoms with van der Waals surface area (Å²) in [6.07, 6.45) is 1.97.